The molecule has 3 heterocycles. The summed E-state index contributed by atoms with van der Waals surface area (Å²) in [4.78, 5) is 30.2. The molecule has 3 aromatic heterocycles. The first kappa shape index (κ1) is 35.7. The van der Waals surface area contributed by atoms with E-state index in [0.717, 1.165) is 72.0 Å². The molecular weight excluding hydrogens is 747 g/mol. The lowest BCUT2D eigenvalue weighted by Gasteiger charge is -2.12. The number of hydrogen-bond donors (Lipinski definition) is 0. The molecule has 0 N–H and O–H groups in total. The Bertz CT molecular complexity index is 3020. The summed E-state index contributed by atoms with van der Waals surface area (Å²) in [6.07, 6.45) is 0. The number of benzene rings is 8. The molecule has 7 nitrogen and oxygen atoms in total. The number of rotatable bonds is 8. The maximum absolute atomic E-state index is 5.07. The van der Waals surface area contributed by atoms with Gasteiger partial charge in [0.2, 0.25) is 0 Å². The van der Waals surface area contributed by atoms with Crippen molar-refractivity contribution in [1.29, 1.82) is 0 Å². The quantitative estimate of drug-likeness (QED) is 0.153. The highest BCUT2D eigenvalue weighted by molar-refractivity contribution is 6.11. The Morgan fingerprint density at radius 2 is 0.492 bits per heavy atom. The highest BCUT2D eigenvalue weighted by atomic mass is 15.0. The van der Waals surface area contributed by atoms with E-state index in [4.69, 9.17) is 29.9 Å². The zero-order chi connectivity index (χ0) is 40.5. The maximum Gasteiger partial charge on any atom is 0.164 e. The van der Waals surface area contributed by atoms with Crippen molar-refractivity contribution in [2.45, 2.75) is 0 Å². The van der Waals surface area contributed by atoms with Gasteiger partial charge in [-0.05, 0) is 35.4 Å². The molecule has 11 aromatic rings. The van der Waals surface area contributed by atoms with Crippen LogP contribution >= 0.6 is 0 Å². The van der Waals surface area contributed by atoms with Gasteiger partial charge in [0.25, 0.3) is 0 Å². The molecule has 0 amide bonds. The van der Waals surface area contributed by atoms with Gasteiger partial charge in [-0.2, -0.15) is 0 Å². The van der Waals surface area contributed by atoms with Crippen molar-refractivity contribution in [2.75, 3.05) is 0 Å². The second kappa shape index (κ2) is 15.4. The van der Waals surface area contributed by atoms with Gasteiger partial charge in [-0.3, -0.25) is 0 Å². The molecule has 0 fully saturated rings. The van der Waals surface area contributed by atoms with Gasteiger partial charge < -0.3 is 4.57 Å². The van der Waals surface area contributed by atoms with Gasteiger partial charge in [0, 0.05) is 49.8 Å². The molecule has 11 rings (SSSR count). The Labute approximate surface area is 352 Å². The molecule has 0 saturated heterocycles. The van der Waals surface area contributed by atoms with Crippen molar-refractivity contribution in [3.05, 3.63) is 212 Å². The van der Waals surface area contributed by atoms with Crippen LogP contribution in [-0.4, -0.2) is 34.5 Å². The minimum absolute atomic E-state index is 0.596. The van der Waals surface area contributed by atoms with Crippen molar-refractivity contribution in [2.24, 2.45) is 0 Å². The average Bonchev–Trinajstić information content (AvgIpc) is 3.68. The summed E-state index contributed by atoms with van der Waals surface area (Å²) in [5, 5.41) is 2.20. The first-order valence-corrected chi connectivity index (χ1v) is 20.2. The predicted molar refractivity (Wildman–Crippen MR) is 246 cm³/mol. The van der Waals surface area contributed by atoms with Crippen molar-refractivity contribution in [3.63, 3.8) is 0 Å². The van der Waals surface area contributed by atoms with Crippen molar-refractivity contribution >= 4 is 21.8 Å². The van der Waals surface area contributed by atoms with Gasteiger partial charge in [-0.15, -0.1) is 0 Å². The van der Waals surface area contributed by atoms with Crippen LogP contribution < -0.4 is 0 Å². The van der Waals surface area contributed by atoms with E-state index in [1.807, 2.05) is 127 Å². The molecule has 61 heavy (non-hydrogen) atoms. The first-order chi connectivity index (χ1) is 30.2. The van der Waals surface area contributed by atoms with Crippen LogP contribution in [0.3, 0.4) is 0 Å². The maximum atomic E-state index is 5.07. The second-order valence-electron chi connectivity index (χ2n) is 14.8. The normalized spacial score (nSPS) is 11.3. The third-order valence-electron chi connectivity index (χ3n) is 10.9. The molecule has 0 aliphatic rings. The minimum atomic E-state index is 0.596. The van der Waals surface area contributed by atoms with Crippen molar-refractivity contribution in [1.82, 2.24) is 34.5 Å². The minimum Gasteiger partial charge on any atom is -0.309 e. The molecule has 0 unspecified atom stereocenters. The zero-order valence-electron chi connectivity index (χ0n) is 32.8. The van der Waals surface area contributed by atoms with Gasteiger partial charge in [0.1, 0.15) is 0 Å². The molecule has 0 aliphatic carbocycles. The Balaban J connectivity index is 1.12. The molecule has 0 bridgehead atoms. The smallest absolute Gasteiger partial charge is 0.164 e. The van der Waals surface area contributed by atoms with Gasteiger partial charge in [0.05, 0.1) is 11.0 Å². The van der Waals surface area contributed by atoms with Crippen LogP contribution in [0.2, 0.25) is 0 Å². The van der Waals surface area contributed by atoms with Crippen molar-refractivity contribution < 1.29 is 0 Å². The molecule has 8 aromatic carbocycles. The average molecular weight is 782 g/mol. The van der Waals surface area contributed by atoms with E-state index in [2.05, 4.69) is 89.5 Å². The van der Waals surface area contributed by atoms with Crippen LogP contribution in [0.25, 0.3) is 107 Å². The fourth-order valence-corrected chi connectivity index (χ4v) is 7.88. The van der Waals surface area contributed by atoms with Crippen LogP contribution in [0.5, 0.6) is 0 Å². The van der Waals surface area contributed by atoms with E-state index in [9.17, 15) is 0 Å². The summed E-state index contributed by atoms with van der Waals surface area (Å²) in [7, 11) is 0. The number of nitrogens with zero attached hydrogens (tertiary/aromatic N) is 7. The predicted octanol–water partition coefficient (Wildman–Crippen LogP) is 12.8. The Morgan fingerprint density at radius 1 is 0.230 bits per heavy atom. The Kier molecular flexibility index (Phi) is 9.02. The lowest BCUT2D eigenvalue weighted by Crippen LogP contribution is -2.01. The number of aromatic nitrogens is 7. The van der Waals surface area contributed by atoms with Crippen LogP contribution in [0.4, 0.5) is 0 Å². The van der Waals surface area contributed by atoms with E-state index in [1.54, 1.807) is 0 Å². The monoisotopic (exact) mass is 781 g/mol. The summed E-state index contributed by atoms with van der Waals surface area (Å²) >= 11 is 0. The van der Waals surface area contributed by atoms with Gasteiger partial charge in [-0.25, -0.2) is 29.9 Å². The number of fused-ring (bicyclic) bond motifs is 3. The SMILES string of the molecule is c1ccc(-c2ccc(-n3c4cc(-c5nc(-c6ccccc6)nc(-c6ccccc6)n5)ccc4c4ccc(-c5nc(-c6ccccc6)nc(-c6ccccc6)n5)cc43)cc2)cc1. The fraction of sp³-hybridized carbons (Fsp3) is 0. The highest BCUT2D eigenvalue weighted by Gasteiger charge is 2.19. The zero-order valence-corrected chi connectivity index (χ0v) is 32.8. The summed E-state index contributed by atoms with van der Waals surface area (Å²) in [5.41, 5.74) is 10.8. The lowest BCUT2D eigenvalue weighted by atomic mass is 10.1. The molecule has 0 spiro atoms. The van der Waals surface area contributed by atoms with E-state index in [1.165, 1.54) is 0 Å². The molecule has 7 heteroatoms. The molecule has 286 valence electrons. The van der Waals surface area contributed by atoms with Crippen LogP contribution in [0.15, 0.2) is 212 Å². The topological polar surface area (TPSA) is 82.3 Å². The molecule has 0 aliphatic heterocycles. The lowest BCUT2D eigenvalue weighted by molar-refractivity contribution is 1.07. The van der Waals surface area contributed by atoms with Crippen LogP contribution in [0.1, 0.15) is 0 Å². The summed E-state index contributed by atoms with van der Waals surface area (Å²) in [6, 6.07) is 72.5. The van der Waals surface area contributed by atoms with Crippen molar-refractivity contribution in [3.8, 4) is 85.1 Å². The summed E-state index contributed by atoms with van der Waals surface area (Å²) in [6.45, 7) is 0. The summed E-state index contributed by atoms with van der Waals surface area (Å²) in [5.74, 6) is 3.67. The fourth-order valence-electron chi connectivity index (χ4n) is 7.88. The van der Waals surface area contributed by atoms with E-state index in [0.29, 0.717) is 34.9 Å². The molecule has 0 saturated carbocycles. The number of hydrogen-bond acceptors (Lipinski definition) is 6. The molecule has 0 radical (unpaired) electrons. The van der Waals surface area contributed by atoms with Gasteiger partial charge in [-0.1, -0.05) is 188 Å². The first-order valence-electron chi connectivity index (χ1n) is 20.2. The van der Waals surface area contributed by atoms with Gasteiger partial charge >= 0.3 is 0 Å². The Morgan fingerprint density at radius 3 is 0.820 bits per heavy atom. The third-order valence-corrected chi connectivity index (χ3v) is 10.9. The third kappa shape index (κ3) is 6.90. The highest BCUT2D eigenvalue weighted by Crippen LogP contribution is 2.38. The van der Waals surface area contributed by atoms with E-state index < -0.39 is 0 Å². The molecule has 0 atom stereocenters. The van der Waals surface area contributed by atoms with Gasteiger partial charge in [0.15, 0.2) is 34.9 Å². The molecular formula is C54H35N7. The van der Waals surface area contributed by atoms with Crippen LogP contribution in [-0.2, 0) is 0 Å². The second-order valence-corrected chi connectivity index (χ2v) is 14.8. The standard InChI is InChI=1S/C54H35N7/c1-6-16-36(17-7-1)37-26-30-44(31-27-37)61-47-34-42(53-57-49(38-18-8-2-9-19-38)55-50(58-53)39-20-10-3-11-21-39)28-32-45(47)46-33-29-43(35-48(46)61)54-59-51(40-22-12-4-13-23-40)56-52(60-54)41-24-14-5-15-25-41/h1-35H. The van der Waals surface area contributed by atoms with E-state index in [-0.39, 0.29) is 0 Å². The van der Waals surface area contributed by atoms with Crippen LogP contribution in [0, 0.1) is 0 Å². The Hall–Kier alpha value is -8.42. The largest absolute Gasteiger partial charge is 0.309 e. The van der Waals surface area contributed by atoms with E-state index >= 15 is 0 Å². The summed E-state index contributed by atoms with van der Waals surface area (Å²) < 4.78 is 2.32.